The molecule has 0 saturated carbocycles. The van der Waals surface area contributed by atoms with Gasteiger partial charge in [0.2, 0.25) is 5.89 Å². The van der Waals surface area contributed by atoms with Crippen LogP contribution in [0, 0.1) is 0 Å². The first-order valence-corrected chi connectivity index (χ1v) is 8.59. The van der Waals surface area contributed by atoms with Crippen molar-refractivity contribution < 1.29 is 13.8 Å². The summed E-state index contributed by atoms with van der Waals surface area (Å²) in [5.74, 6) is 1.45. The molecule has 0 amide bonds. The highest BCUT2D eigenvalue weighted by Crippen LogP contribution is 2.24. The van der Waals surface area contributed by atoms with E-state index in [1.54, 1.807) is 0 Å². The Morgan fingerprint density at radius 2 is 1.82 bits per heavy atom. The lowest BCUT2D eigenvalue weighted by Gasteiger charge is -2.11. The molecule has 0 aliphatic heterocycles. The van der Waals surface area contributed by atoms with Crippen molar-refractivity contribution in [3.63, 3.8) is 0 Å². The largest absolute Gasteiger partial charge is 0.392 e. The van der Waals surface area contributed by atoms with Crippen LogP contribution < -0.4 is 0 Å². The van der Waals surface area contributed by atoms with Crippen LogP contribution in [-0.2, 0) is 28.6 Å². The van der Waals surface area contributed by atoms with Crippen molar-refractivity contribution in [1.82, 2.24) is 10.1 Å². The Labute approximate surface area is 133 Å². The molecule has 1 aromatic heterocycles. The summed E-state index contributed by atoms with van der Waals surface area (Å²) in [6.07, 6.45) is 0. The number of nitrogens with zero attached hydrogens (tertiary/aromatic N) is 2. The van der Waals surface area contributed by atoms with Crippen LogP contribution in [0.4, 0.5) is 0 Å². The molecule has 6 heteroatoms. The molecule has 2 rings (SSSR count). The van der Waals surface area contributed by atoms with Gasteiger partial charge in [0.1, 0.15) is 5.25 Å². The summed E-state index contributed by atoms with van der Waals surface area (Å²) in [7, 11) is -1.15. The van der Waals surface area contributed by atoms with Crippen LogP contribution in [0.2, 0.25) is 0 Å². The molecule has 0 saturated heterocycles. The van der Waals surface area contributed by atoms with Gasteiger partial charge >= 0.3 is 0 Å². The molecule has 0 radical (unpaired) electrons. The number of hydrogen-bond acceptors (Lipinski definition) is 5. The molecule has 1 N–H and O–H groups in total. The van der Waals surface area contributed by atoms with E-state index >= 15 is 0 Å². The van der Waals surface area contributed by atoms with Gasteiger partial charge in [0.25, 0.3) is 0 Å². The monoisotopic (exact) mass is 322 g/mol. The van der Waals surface area contributed by atoms with Crippen molar-refractivity contribution in [2.24, 2.45) is 0 Å². The maximum absolute atomic E-state index is 12.5. The predicted molar refractivity (Wildman–Crippen MR) is 85.6 cm³/mol. The lowest BCUT2D eigenvalue weighted by atomic mass is 9.96. The quantitative estimate of drug-likeness (QED) is 0.916. The molecule has 0 fully saturated rings. The summed E-state index contributed by atoms with van der Waals surface area (Å²) in [4.78, 5) is 4.37. The van der Waals surface area contributed by atoms with Crippen LogP contribution in [0.1, 0.15) is 55.8 Å². The summed E-state index contributed by atoms with van der Waals surface area (Å²) in [6, 6.07) is 7.43. The Bertz CT molecular complexity index is 644. The van der Waals surface area contributed by atoms with Crippen molar-refractivity contribution in [3.05, 3.63) is 47.1 Å². The van der Waals surface area contributed by atoms with E-state index in [4.69, 9.17) is 9.63 Å². The highest BCUT2D eigenvalue weighted by molar-refractivity contribution is 7.84. The Kier molecular flexibility index (Phi) is 5.13. The first kappa shape index (κ1) is 16.8. The third kappa shape index (κ3) is 4.01. The molecule has 1 heterocycles. The molecule has 22 heavy (non-hydrogen) atoms. The van der Waals surface area contributed by atoms with Crippen LogP contribution in [0.5, 0.6) is 0 Å². The maximum atomic E-state index is 12.5. The van der Waals surface area contributed by atoms with Gasteiger partial charge in [0, 0.05) is 22.0 Å². The predicted octanol–water partition coefficient (Wildman–Crippen LogP) is 2.87. The van der Waals surface area contributed by atoms with E-state index in [2.05, 4.69) is 10.1 Å². The van der Waals surface area contributed by atoms with E-state index < -0.39 is 10.8 Å². The Hall–Kier alpha value is -1.53. The lowest BCUT2D eigenvalue weighted by molar-refractivity contribution is 0.282. The first-order valence-electron chi connectivity index (χ1n) is 7.21. The van der Waals surface area contributed by atoms with Gasteiger partial charge in [0.05, 0.1) is 6.61 Å². The van der Waals surface area contributed by atoms with Gasteiger partial charge in [-0.2, -0.15) is 4.98 Å². The van der Waals surface area contributed by atoms with E-state index in [0.29, 0.717) is 17.5 Å². The van der Waals surface area contributed by atoms with Crippen molar-refractivity contribution in [3.8, 4) is 0 Å². The van der Waals surface area contributed by atoms with Crippen LogP contribution in [0.15, 0.2) is 28.8 Å². The molecule has 2 atom stereocenters. The van der Waals surface area contributed by atoms with E-state index in [0.717, 1.165) is 11.1 Å². The van der Waals surface area contributed by atoms with Crippen molar-refractivity contribution in [2.75, 3.05) is 0 Å². The van der Waals surface area contributed by atoms with Crippen LogP contribution in [-0.4, -0.2) is 19.5 Å². The lowest BCUT2D eigenvalue weighted by Crippen LogP contribution is -2.14. The third-order valence-corrected chi connectivity index (χ3v) is 4.98. The van der Waals surface area contributed by atoms with Crippen molar-refractivity contribution in [2.45, 2.75) is 50.7 Å². The highest BCUT2D eigenvalue weighted by Gasteiger charge is 2.25. The number of aliphatic hydroxyl groups excluding tert-OH is 1. The smallest absolute Gasteiger partial charge is 0.242 e. The van der Waals surface area contributed by atoms with Gasteiger partial charge in [-0.1, -0.05) is 50.2 Å². The minimum absolute atomic E-state index is 0.0112. The molecular weight excluding hydrogens is 300 g/mol. The highest BCUT2D eigenvalue weighted by atomic mass is 32.2. The second-order valence-corrected chi connectivity index (χ2v) is 8.11. The Morgan fingerprint density at radius 1 is 1.23 bits per heavy atom. The van der Waals surface area contributed by atoms with E-state index in [1.165, 1.54) is 0 Å². The number of aromatic nitrogens is 2. The molecule has 0 aliphatic rings. The summed E-state index contributed by atoms with van der Waals surface area (Å²) in [5, 5.41) is 12.7. The summed E-state index contributed by atoms with van der Waals surface area (Å²) < 4.78 is 17.7. The minimum Gasteiger partial charge on any atom is -0.392 e. The van der Waals surface area contributed by atoms with Gasteiger partial charge in [-0.05, 0) is 18.1 Å². The van der Waals surface area contributed by atoms with E-state index in [-0.39, 0.29) is 17.3 Å². The second kappa shape index (κ2) is 6.71. The molecule has 2 aromatic rings. The number of hydrogen-bond donors (Lipinski definition) is 1. The average Bonchev–Trinajstić information content (AvgIpc) is 2.97. The van der Waals surface area contributed by atoms with Gasteiger partial charge < -0.3 is 9.63 Å². The van der Waals surface area contributed by atoms with E-state index in [1.807, 2.05) is 52.0 Å². The van der Waals surface area contributed by atoms with Crippen LogP contribution >= 0.6 is 0 Å². The van der Waals surface area contributed by atoms with Crippen molar-refractivity contribution in [1.29, 1.82) is 0 Å². The third-order valence-electron chi connectivity index (χ3n) is 3.37. The number of rotatable bonds is 5. The number of benzene rings is 1. The minimum atomic E-state index is -1.15. The molecule has 5 nitrogen and oxygen atoms in total. The molecule has 0 bridgehead atoms. The molecule has 2 unspecified atom stereocenters. The average molecular weight is 322 g/mol. The SMILES string of the molecule is CC(c1nc(C(C)(C)C)no1)S(=O)Cc1ccc(CO)cc1. The summed E-state index contributed by atoms with van der Waals surface area (Å²) in [5.41, 5.74) is 1.61. The fourth-order valence-electron chi connectivity index (χ4n) is 1.85. The zero-order chi connectivity index (χ0) is 16.3. The zero-order valence-corrected chi connectivity index (χ0v) is 14.2. The molecule has 120 valence electrons. The van der Waals surface area contributed by atoms with Crippen LogP contribution in [0.25, 0.3) is 0 Å². The van der Waals surface area contributed by atoms with Gasteiger partial charge in [-0.15, -0.1) is 0 Å². The Balaban J connectivity index is 2.06. The topological polar surface area (TPSA) is 76.2 Å². The zero-order valence-electron chi connectivity index (χ0n) is 13.4. The van der Waals surface area contributed by atoms with Gasteiger partial charge in [0.15, 0.2) is 5.82 Å². The van der Waals surface area contributed by atoms with Gasteiger partial charge in [-0.3, -0.25) is 4.21 Å². The number of aliphatic hydroxyl groups is 1. The Morgan fingerprint density at radius 3 is 2.32 bits per heavy atom. The molecule has 0 aliphatic carbocycles. The maximum Gasteiger partial charge on any atom is 0.242 e. The van der Waals surface area contributed by atoms with Crippen molar-refractivity contribution >= 4 is 10.8 Å². The second-order valence-electron chi connectivity index (χ2n) is 6.35. The molecule has 1 aromatic carbocycles. The van der Waals surface area contributed by atoms with E-state index in [9.17, 15) is 4.21 Å². The fourth-order valence-corrected chi connectivity index (χ4v) is 2.94. The first-order chi connectivity index (χ1) is 10.3. The molecular formula is C16H22N2O3S. The standard InChI is InChI=1S/C16H22N2O3S/c1-11(14-17-15(18-21-14)16(2,3)4)22(20)10-13-7-5-12(9-19)6-8-13/h5-8,11,19H,9-10H2,1-4H3. The normalized spacial score (nSPS) is 14.8. The summed E-state index contributed by atoms with van der Waals surface area (Å²) >= 11 is 0. The van der Waals surface area contributed by atoms with Gasteiger partial charge in [-0.25, -0.2) is 0 Å². The fraction of sp³-hybridized carbons (Fsp3) is 0.500. The van der Waals surface area contributed by atoms with Crippen LogP contribution in [0.3, 0.4) is 0 Å². The molecule has 0 spiro atoms. The summed E-state index contributed by atoms with van der Waals surface area (Å²) in [6.45, 7) is 7.86.